The zero-order chi connectivity index (χ0) is 19.5. The van der Waals surface area contributed by atoms with Crippen LogP contribution in [-0.4, -0.2) is 27.8 Å². The van der Waals surface area contributed by atoms with Crippen LogP contribution in [-0.2, 0) is 10.3 Å². The van der Waals surface area contributed by atoms with Gasteiger partial charge in [0.05, 0.1) is 18.1 Å². The number of hydrogen-bond donors (Lipinski definition) is 1. The number of aryl methyl sites for hydroxylation is 1. The van der Waals surface area contributed by atoms with E-state index in [2.05, 4.69) is 31.3 Å². The minimum atomic E-state index is -0.311. The van der Waals surface area contributed by atoms with Crippen LogP contribution in [0.1, 0.15) is 44.1 Å². The van der Waals surface area contributed by atoms with Gasteiger partial charge in [0.2, 0.25) is 10.6 Å². The first-order chi connectivity index (χ1) is 13.4. The Hall–Kier alpha value is -1.89. The fourth-order valence-corrected chi connectivity index (χ4v) is 6.64. The van der Waals surface area contributed by atoms with Gasteiger partial charge in [-0.05, 0) is 97.0 Å². The van der Waals surface area contributed by atoms with Gasteiger partial charge in [-0.25, -0.2) is 9.67 Å². The van der Waals surface area contributed by atoms with Gasteiger partial charge in [-0.1, -0.05) is 0 Å². The largest absolute Gasteiger partial charge is 0.497 e. The highest BCUT2D eigenvalue weighted by atomic mass is 79.9. The lowest BCUT2D eigenvalue weighted by atomic mass is 9.46. The lowest BCUT2D eigenvalue weighted by Gasteiger charge is -2.60. The van der Waals surface area contributed by atoms with E-state index in [4.69, 9.17) is 4.74 Å². The van der Waals surface area contributed by atoms with Crippen LogP contribution in [0.15, 0.2) is 29.3 Å². The van der Waals surface area contributed by atoms with E-state index in [9.17, 15) is 4.79 Å². The summed E-state index contributed by atoms with van der Waals surface area (Å²) < 4.78 is 7.95. The van der Waals surface area contributed by atoms with Crippen LogP contribution in [0.25, 0.3) is 0 Å². The van der Waals surface area contributed by atoms with Crippen molar-refractivity contribution >= 4 is 27.5 Å². The van der Waals surface area contributed by atoms with E-state index < -0.39 is 0 Å². The van der Waals surface area contributed by atoms with Gasteiger partial charge in [-0.3, -0.25) is 4.79 Å². The zero-order valence-electron chi connectivity index (χ0n) is 16.2. The highest BCUT2D eigenvalue weighted by Crippen LogP contribution is 2.64. The van der Waals surface area contributed by atoms with Crippen molar-refractivity contribution in [1.29, 1.82) is 0 Å². The third-order valence-corrected chi connectivity index (χ3v) is 7.51. The normalized spacial score (nSPS) is 33.1. The fraction of sp³-hybridized carbons (Fsp3) is 0.571. The molecule has 4 aliphatic rings. The molecule has 0 aliphatic heterocycles. The van der Waals surface area contributed by atoms with Gasteiger partial charge in [-0.2, -0.15) is 0 Å². The minimum Gasteiger partial charge on any atom is -0.497 e. The average molecular weight is 445 g/mol. The lowest BCUT2D eigenvalue weighted by Crippen LogP contribution is -2.60. The van der Waals surface area contributed by atoms with Crippen LogP contribution in [0, 0.1) is 24.2 Å². The number of halogens is 1. The zero-order valence-corrected chi connectivity index (χ0v) is 17.8. The van der Waals surface area contributed by atoms with Crippen LogP contribution in [0.3, 0.4) is 0 Å². The van der Waals surface area contributed by atoms with Crippen LogP contribution < -0.4 is 10.1 Å². The van der Waals surface area contributed by atoms with E-state index in [-0.39, 0.29) is 16.9 Å². The standard InChI is InChI=1S/C21H25BrN4O2/c1-13-5-16(28-2)3-4-17(13)24-18(27)20-7-14-6-15(8-20)10-21(9-14,11-20)26-12-23-19(22)25-26/h3-5,12,14-15H,6-11H2,1-2H3,(H,24,27)/t14-,15+,20?,21?. The maximum atomic E-state index is 13.6. The van der Waals surface area contributed by atoms with Crippen molar-refractivity contribution in [2.24, 2.45) is 17.3 Å². The first-order valence-electron chi connectivity index (χ1n) is 9.95. The van der Waals surface area contributed by atoms with Gasteiger partial charge < -0.3 is 10.1 Å². The predicted molar refractivity (Wildman–Crippen MR) is 109 cm³/mol. The summed E-state index contributed by atoms with van der Waals surface area (Å²) in [6, 6.07) is 5.80. The lowest BCUT2D eigenvalue weighted by molar-refractivity contribution is -0.150. The van der Waals surface area contributed by atoms with Crippen LogP contribution >= 0.6 is 15.9 Å². The number of anilines is 1. The summed E-state index contributed by atoms with van der Waals surface area (Å²) in [6.45, 7) is 2.01. The molecule has 1 amide bonds. The average Bonchev–Trinajstić information content (AvgIpc) is 3.09. The second-order valence-corrected chi connectivity index (χ2v) is 9.77. The van der Waals surface area contributed by atoms with Gasteiger partial charge in [0.25, 0.3) is 0 Å². The number of carbonyl (C=O) groups excluding carboxylic acids is 1. The van der Waals surface area contributed by atoms with E-state index in [0.717, 1.165) is 49.1 Å². The molecule has 6 rings (SSSR count). The number of nitrogens with zero attached hydrogens (tertiary/aromatic N) is 3. The van der Waals surface area contributed by atoms with Crippen LogP contribution in [0.4, 0.5) is 5.69 Å². The molecule has 0 saturated heterocycles. The quantitative estimate of drug-likeness (QED) is 0.763. The molecule has 7 heteroatoms. The number of benzene rings is 1. The molecular weight excluding hydrogens is 420 g/mol. The third-order valence-electron chi connectivity index (χ3n) is 7.14. The maximum Gasteiger partial charge on any atom is 0.230 e. The number of methoxy groups -OCH3 is 1. The van der Waals surface area contributed by atoms with E-state index in [1.165, 1.54) is 6.42 Å². The molecular formula is C21H25BrN4O2. The van der Waals surface area contributed by atoms with Gasteiger partial charge in [0.1, 0.15) is 12.1 Å². The summed E-state index contributed by atoms with van der Waals surface area (Å²) in [5.41, 5.74) is 1.51. The van der Waals surface area contributed by atoms with Crippen molar-refractivity contribution in [3.63, 3.8) is 0 Å². The number of rotatable bonds is 4. The Kier molecular flexibility index (Phi) is 4.09. The van der Waals surface area contributed by atoms with Crippen LogP contribution in [0.2, 0.25) is 0 Å². The van der Waals surface area contributed by atoms with Crippen molar-refractivity contribution in [2.45, 2.75) is 51.0 Å². The molecule has 1 heterocycles. The Morgan fingerprint density at radius 1 is 1.29 bits per heavy atom. The molecule has 2 aromatic rings. The molecule has 148 valence electrons. The Bertz CT molecular complexity index is 926. The topological polar surface area (TPSA) is 69.0 Å². The molecule has 4 aliphatic carbocycles. The highest BCUT2D eigenvalue weighted by Gasteiger charge is 2.61. The third kappa shape index (κ3) is 2.78. The van der Waals surface area contributed by atoms with Crippen molar-refractivity contribution in [2.75, 3.05) is 12.4 Å². The van der Waals surface area contributed by atoms with Gasteiger partial charge >= 0.3 is 0 Å². The van der Waals surface area contributed by atoms with Gasteiger partial charge in [-0.15, -0.1) is 5.10 Å². The number of amides is 1. The maximum absolute atomic E-state index is 13.6. The molecule has 2 unspecified atom stereocenters. The molecule has 4 bridgehead atoms. The number of hydrogen-bond acceptors (Lipinski definition) is 4. The van der Waals surface area contributed by atoms with Crippen LogP contribution in [0.5, 0.6) is 5.75 Å². The Morgan fingerprint density at radius 2 is 2.04 bits per heavy atom. The number of aromatic nitrogens is 3. The van der Waals surface area contributed by atoms with Crippen molar-refractivity contribution in [3.05, 3.63) is 34.8 Å². The van der Waals surface area contributed by atoms with Gasteiger partial charge in [0.15, 0.2) is 0 Å². The first kappa shape index (κ1) is 18.2. The predicted octanol–water partition coefficient (Wildman–Crippen LogP) is 4.29. The molecule has 1 aromatic carbocycles. The molecule has 6 nitrogen and oxygen atoms in total. The molecule has 28 heavy (non-hydrogen) atoms. The molecule has 0 spiro atoms. The molecule has 1 aromatic heterocycles. The highest BCUT2D eigenvalue weighted by molar-refractivity contribution is 9.10. The monoisotopic (exact) mass is 444 g/mol. The Labute approximate surface area is 173 Å². The van der Waals surface area contributed by atoms with E-state index in [1.807, 2.05) is 36.1 Å². The minimum absolute atomic E-state index is 0.0740. The number of ether oxygens (including phenoxy) is 1. The molecule has 4 atom stereocenters. The second kappa shape index (κ2) is 6.31. The van der Waals surface area contributed by atoms with Crippen molar-refractivity contribution in [1.82, 2.24) is 14.8 Å². The summed E-state index contributed by atoms with van der Waals surface area (Å²) in [4.78, 5) is 17.8. The van der Waals surface area contributed by atoms with Crippen molar-refractivity contribution in [3.8, 4) is 5.75 Å². The second-order valence-electron chi connectivity index (χ2n) is 9.06. The summed E-state index contributed by atoms with van der Waals surface area (Å²) >= 11 is 3.39. The molecule has 4 saturated carbocycles. The number of nitrogens with one attached hydrogen (secondary N) is 1. The van der Waals surface area contributed by atoms with Gasteiger partial charge in [0, 0.05) is 5.69 Å². The SMILES string of the molecule is COc1ccc(NC(=O)C23C[C@H]4C[C@@H](C2)CC(n2cnc(Br)n2)(C4)C3)c(C)c1. The summed E-state index contributed by atoms with van der Waals surface area (Å²) in [5.74, 6) is 2.15. The molecule has 1 N–H and O–H groups in total. The summed E-state index contributed by atoms with van der Waals surface area (Å²) in [5, 5.41) is 7.83. The Balaban J connectivity index is 1.45. The smallest absolute Gasteiger partial charge is 0.230 e. The summed E-state index contributed by atoms with van der Waals surface area (Å²) in [6.07, 6.45) is 8.12. The molecule has 4 fully saturated rings. The van der Waals surface area contributed by atoms with Crippen molar-refractivity contribution < 1.29 is 9.53 Å². The Morgan fingerprint density at radius 3 is 2.64 bits per heavy atom. The van der Waals surface area contributed by atoms with E-state index in [0.29, 0.717) is 16.6 Å². The first-order valence-corrected chi connectivity index (χ1v) is 10.7. The van der Waals surface area contributed by atoms with E-state index in [1.54, 1.807) is 7.11 Å². The number of carbonyl (C=O) groups is 1. The van der Waals surface area contributed by atoms with E-state index >= 15 is 0 Å². The fourth-order valence-electron chi connectivity index (χ4n) is 6.38. The summed E-state index contributed by atoms with van der Waals surface area (Å²) in [7, 11) is 1.66. The molecule has 0 radical (unpaired) electrons.